The SMILES string of the molecule is c1ccc(-c2ccc(N(c3ccc(-c4ccccc4)cc3)c3ccc4[nH]c5c(-c6cccc7c6sc6ccccc67)cccc5c4c3)cc2)cc1. The van der Waals surface area contributed by atoms with Crippen LogP contribution in [0.5, 0.6) is 0 Å². The predicted octanol–water partition coefficient (Wildman–Crippen LogP) is 14.2. The van der Waals surface area contributed by atoms with E-state index in [1.54, 1.807) is 0 Å². The van der Waals surface area contributed by atoms with Crippen LogP contribution in [0.25, 0.3) is 75.4 Å². The van der Waals surface area contributed by atoms with Gasteiger partial charge in [0.15, 0.2) is 0 Å². The number of nitrogens with zero attached hydrogens (tertiary/aromatic N) is 1. The Kier molecular flexibility index (Phi) is 7.04. The van der Waals surface area contributed by atoms with Crippen LogP contribution in [-0.4, -0.2) is 4.98 Å². The molecule has 0 radical (unpaired) electrons. The zero-order valence-corrected chi connectivity index (χ0v) is 28.6. The number of anilines is 3. The van der Waals surface area contributed by atoms with Gasteiger partial charge in [0.25, 0.3) is 0 Å². The molecule has 0 fully saturated rings. The number of rotatable bonds is 6. The molecule has 0 saturated heterocycles. The molecular weight excluding hydrogens is 637 g/mol. The maximum Gasteiger partial charge on any atom is 0.0545 e. The van der Waals surface area contributed by atoms with Crippen molar-refractivity contribution in [1.82, 2.24) is 4.98 Å². The number of aromatic amines is 1. The molecule has 1 N–H and O–H groups in total. The van der Waals surface area contributed by atoms with Gasteiger partial charge in [-0.3, -0.25) is 0 Å². The number of hydrogen-bond donors (Lipinski definition) is 1. The third kappa shape index (κ3) is 5.10. The molecule has 0 bridgehead atoms. The Morgan fingerprint density at radius 1 is 0.373 bits per heavy atom. The second-order valence-electron chi connectivity index (χ2n) is 13.0. The van der Waals surface area contributed by atoms with Crippen molar-refractivity contribution in [1.29, 1.82) is 0 Å². The molecule has 0 unspecified atom stereocenters. The summed E-state index contributed by atoms with van der Waals surface area (Å²) in [7, 11) is 0. The van der Waals surface area contributed by atoms with E-state index >= 15 is 0 Å². The van der Waals surface area contributed by atoms with Crippen LogP contribution in [0.15, 0.2) is 188 Å². The minimum absolute atomic E-state index is 1.11. The highest BCUT2D eigenvalue weighted by Crippen LogP contribution is 2.44. The average molecular weight is 669 g/mol. The number of benzene rings is 8. The Balaban J connectivity index is 1.11. The molecule has 3 heteroatoms. The molecule has 2 nitrogen and oxygen atoms in total. The summed E-state index contributed by atoms with van der Waals surface area (Å²) in [5, 5.41) is 5.07. The van der Waals surface area contributed by atoms with Crippen molar-refractivity contribution >= 4 is 70.4 Å². The van der Waals surface area contributed by atoms with Crippen LogP contribution < -0.4 is 4.90 Å². The zero-order chi connectivity index (χ0) is 33.7. The van der Waals surface area contributed by atoms with E-state index < -0.39 is 0 Å². The highest BCUT2D eigenvalue weighted by atomic mass is 32.1. The molecule has 51 heavy (non-hydrogen) atoms. The number of fused-ring (bicyclic) bond motifs is 6. The largest absolute Gasteiger partial charge is 0.354 e. The quantitative estimate of drug-likeness (QED) is 0.187. The van der Waals surface area contributed by atoms with Crippen molar-refractivity contribution in [2.24, 2.45) is 0 Å². The van der Waals surface area contributed by atoms with Gasteiger partial charge in [-0.25, -0.2) is 0 Å². The van der Waals surface area contributed by atoms with Crippen molar-refractivity contribution in [3.05, 3.63) is 188 Å². The number of para-hydroxylation sites is 1. The summed E-state index contributed by atoms with van der Waals surface area (Å²) >= 11 is 1.88. The number of nitrogens with one attached hydrogen (secondary N) is 1. The maximum absolute atomic E-state index is 3.83. The second kappa shape index (κ2) is 12.2. The molecular formula is C48H32N2S. The number of aromatic nitrogens is 1. The summed E-state index contributed by atoms with van der Waals surface area (Å²) in [5.41, 5.74) is 13.0. The monoisotopic (exact) mass is 668 g/mol. The predicted molar refractivity (Wildman–Crippen MR) is 220 cm³/mol. The molecule has 0 aliphatic rings. The minimum Gasteiger partial charge on any atom is -0.354 e. The summed E-state index contributed by atoms with van der Waals surface area (Å²) < 4.78 is 2.65. The van der Waals surface area contributed by atoms with Gasteiger partial charge >= 0.3 is 0 Å². The number of H-pyrrole nitrogens is 1. The van der Waals surface area contributed by atoms with Crippen LogP contribution in [0.2, 0.25) is 0 Å². The first-order valence-electron chi connectivity index (χ1n) is 17.3. The van der Waals surface area contributed by atoms with Gasteiger partial charge in [0.05, 0.1) is 5.52 Å². The fraction of sp³-hybridized carbons (Fsp3) is 0. The Labute approximate surface area is 300 Å². The van der Waals surface area contributed by atoms with E-state index in [1.807, 2.05) is 11.3 Å². The van der Waals surface area contributed by atoms with E-state index in [4.69, 9.17) is 0 Å². The molecule has 0 atom stereocenters. The van der Waals surface area contributed by atoms with Gasteiger partial charge in [0.1, 0.15) is 0 Å². The van der Waals surface area contributed by atoms with E-state index in [2.05, 4.69) is 198 Å². The fourth-order valence-corrected chi connectivity index (χ4v) is 8.78. The van der Waals surface area contributed by atoms with Crippen LogP contribution in [0.4, 0.5) is 17.1 Å². The van der Waals surface area contributed by atoms with E-state index in [0.717, 1.165) is 22.6 Å². The first kappa shape index (κ1) is 29.5. The first-order chi connectivity index (χ1) is 25.3. The van der Waals surface area contributed by atoms with Gasteiger partial charge < -0.3 is 9.88 Å². The third-order valence-corrected chi connectivity index (χ3v) is 11.3. The Morgan fingerprint density at radius 3 is 1.57 bits per heavy atom. The van der Waals surface area contributed by atoms with Crippen molar-refractivity contribution in [3.63, 3.8) is 0 Å². The maximum atomic E-state index is 3.83. The molecule has 0 amide bonds. The van der Waals surface area contributed by atoms with Crippen LogP contribution >= 0.6 is 11.3 Å². The van der Waals surface area contributed by atoms with Crippen molar-refractivity contribution < 1.29 is 0 Å². The second-order valence-corrected chi connectivity index (χ2v) is 14.1. The van der Waals surface area contributed by atoms with E-state index in [9.17, 15) is 0 Å². The minimum atomic E-state index is 1.11. The van der Waals surface area contributed by atoms with Crippen LogP contribution in [0, 0.1) is 0 Å². The van der Waals surface area contributed by atoms with E-state index in [0.29, 0.717) is 0 Å². The van der Waals surface area contributed by atoms with Crippen LogP contribution in [-0.2, 0) is 0 Å². The smallest absolute Gasteiger partial charge is 0.0545 e. The summed E-state index contributed by atoms with van der Waals surface area (Å²) in [6.07, 6.45) is 0. The average Bonchev–Trinajstić information content (AvgIpc) is 3.78. The van der Waals surface area contributed by atoms with Gasteiger partial charge in [-0.15, -0.1) is 11.3 Å². The van der Waals surface area contributed by atoms with Crippen LogP contribution in [0.1, 0.15) is 0 Å². The van der Waals surface area contributed by atoms with Gasteiger partial charge in [0, 0.05) is 64.7 Å². The highest BCUT2D eigenvalue weighted by molar-refractivity contribution is 7.26. The number of hydrogen-bond acceptors (Lipinski definition) is 2. The third-order valence-electron chi connectivity index (χ3n) is 10.0. The van der Waals surface area contributed by atoms with Crippen molar-refractivity contribution in [2.75, 3.05) is 4.90 Å². The summed E-state index contributed by atoms with van der Waals surface area (Å²) in [6, 6.07) is 67.9. The zero-order valence-electron chi connectivity index (χ0n) is 27.8. The first-order valence-corrected chi connectivity index (χ1v) is 18.2. The summed E-state index contributed by atoms with van der Waals surface area (Å²) in [4.78, 5) is 6.19. The molecule has 0 spiro atoms. The lowest BCUT2D eigenvalue weighted by molar-refractivity contribution is 1.29. The van der Waals surface area contributed by atoms with Gasteiger partial charge in [-0.1, -0.05) is 140 Å². The highest BCUT2D eigenvalue weighted by Gasteiger charge is 2.18. The Hall–Kier alpha value is -6.42. The van der Waals surface area contributed by atoms with E-state index in [1.165, 1.54) is 69.8 Å². The van der Waals surface area contributed by atoms with Crippen molar-refractivity contribution in [3.8, 4) is 33.4 Å². The molecule has 2 aromatic heterocycles. The topological polar surface area (TPSA) is 19.0 Å². The lowest BCUT2D eigenvalue weighted by Crippen LogP contribution is -2.09. The summed E-state index contributed by atoms with van der Waals surface area (Å²) in [6.45, 7) is 0. The molecule has 2 heterocycles. The van der Waals surface area contributed by atoms with E-state index in [-0.39, 0.29) is 0 Å². The molecule has 0 aliphatic heterocycles. The van der Waals surface area contributed by atoms with Gasteiger partial charge in [-0.2, -0.15) is 0 Å². The normalized spacial score (nSPS) is 11.5. The lowest BCUT2D eigenvalue weighted by Gasteiger charge is -2.26. The van der Waals surface area contributed by atoms with Crippen molar-refractivity contribution in [2.45, 2.75) is 0 Å². The molecule has 10 aromatic rings. The molecule has 8 aromatic carbocycles. The molecule has 240 valence electrons. The fourth-order valence-electron chi connectivity index (χ4n) is 7.55. The molecule has 10 rings (SSSR count). The molecule has 0 saturated carbocycles. The number of thiophene rings is 1. The Morgan fingerprint density at radius 2 is 0.902 bits per heavy atom. The van der Waals surface area contributed by atoms with Gasteiger partial charge in [0.2, 0.25) is 0 Å². The molecule has 0 aliphatic carbocycles. The van der Waals surface area contributed by atoms with Gasteiger partial charge in [-0.05, 0) is 70.8 Å². The lowest BCUT2D eigenvalue weighted by atomic mass is 10.00. The summed E-state index contributed by atoms with van der Waals surface area (Å²) in [5.74, 6) is 0. The van der Waals surface area contributed by atoms with Crippen LogP contribution in [0.3, 0.4) is 0 Å². The standard InChI is InChI=1S/C48H32N2S/c1-3-11-32(12-4-1)34-21-25-36(26-22-34)50(37-27-23-35(24-28-37)33-13-5-2-6-14-33)38-29-30-45-44(31-38)41-17-9-16-40(47(41)49-45)43-19-10-18-42-39-15-7-8-20-46(39)51-48(42)43/h1-31,49H. The Bertz CT molecular complexity index is 2750.